The number of ether oxygens (including phenoxy) is 1. The molecule has 0 unspecified atom stereocenters. The molecule has 102 valence electrons. The third-order valence-electron chi connectivity index (χ3n) is 4.07. The third-order valence-corrected chi connectivity index (χ3v) is 4.60. The highest BCUT2D eigenvalue weighted by atomic mass is 79.9. The molecule has 0 radical (unpaired) electrons. The molecule has 3 rings (SSSR count). The molecule has 2 aromatic carbocycles. The van der Waals surface area contributed by atoms with Crippen LogP contribution in [0, 0.1) is 0 Å². The molecule has 0 spiro atoms. The largest absolute Gasteiger partial charge is 0.468 e. The average molecular weight is 331 g/mol. The van der Waals surface area contributed by atoms with Crippen LogP contribution in [0.5, 0.6) is 0 Å². The van der Waals surface area contributed by atoms with Crippen molar-refractivity contribution in [3.05, 3.63) is 70.2 Å². The molecule has 2 aromatic rings. The van der Waals surface area contributed by atoms with Gasteiger partial charge in [-0.2, -0.15) is 0 Å². The van der Waals surface area contributed by atoms with Crippen molar-refractivity contribution in [1.29, 1.82) is 0 Å². The van der Waals surface area contributed by atoms with Crippen molar-refractivity contribution in [1.82, 2.24) is 0 Å². The average Bonchev–Trinajstić information content (AvgIpc) is 3.25. The van der Waals surface area contributed by atoms with E-state index in [4.69, 9.17) is 4.74 Å². The highest BCUT2D eigenvalue weighted by Gasteiger charge is 2.62. The molecule has 2 atom stereocenters. The van der Waals surface area contributed by atoms with Crippen LogP contribution in [0.25, 0.3) is 0 Å². The molecule has 0 N–H and O–H groups in total. The van der Waals surface area contributed by atoms with Gasteiger partial charge in [-0.3, -0.25) is 4.79 Å². The number of carbonyl (C=O) groups is 1. The zero-order chi connectivity index (χ0) is 14.2. The summed E-state index contributed by atoms with van der Waals surface area (Å²) in [6.45, 7) is 0. The predicted molar refractivity (Wildman–Crippen MR) is 81.6 cm³/mol. The maximum absolute atomic E-state index is 12.3. The van der Waals surface area contributed by atoms with E-state index in [9.17, 15) is 4.79 Å². The lowest BCUT2D eigenvalue weighted by Crippen LogP contribution is -2.24. The van der Waals surface area contributed by atoms with Crippen LogP contribution in [-0.4, -0.2) is 13.1 Å². The summed E-state index contributed by atoms with van der Waals surface area (Å²) >= 11 is 3.44. The molecule has 3 heteroatoms. The first-order chi connectivity index (χ1) is 9.68. The van der Waals surface area contributed by atoms with Crippen molar-refractivity contribution in [2.24, 2.45) is 0 Å². The Hall–Kier alpha value is -1.61. The molecule has 1 aliphatic rings. The van der Waals surface area contributed by atoms with Crippen molar-refractivity contribution in [3.8, 4) is 0 Å². The van der Waals surface area contributed by atoms with Crippen LogP contribution in [0.2, 0.25) is 0 Å². The lowest BCUT2D eigenvalue weighted by atomic mass is 9.91. The minimum atomic E-state index is -0.510. The van der Waals surface area contributed by atoms with E-state index in [1.54, 1.807) is 0 Å². The summed E-state index contributed by atoms with van der Waals surface area (Å²) in [5.74, 6) is 0.0575. The van der Waals surface area contributed by atoms with Gasteiger partial charge in [-0.05, 0) is 29.7 Å². The van der Waals surface area contributed by atoms with E-state index in [-0.39, 0.29) is 11.9 Å². The Balaban J connectivity index is 1.99. The Labute approximate surface area is 126 Å². The molecule has 0 aromatic heterocycles. The van der Waals surface area contributed by atoms with E-state index in [0.29, 0.717) is 0 Å². The Morgan fingerprint density at radius 1 is 1.15 bits per heavy atom. The molecule has 0 bridgehead atoms. The Morgan fingerprint density at radius 3 is 2.40 bits per heavy atom. The van der Waals surface area contributed by atoms with Gasteiger partial charge in [0.1, 0.15) is 5.41 Å². The van der Waals surface area contributed by atoms with Crippen LogP contribution >= 0.6 is 15.9 Å². The predicted octanol–water partition coefficient (Wildman–Crippen LogP) is 4.05. The number of benzene rings is 2. The first-order valence-corrected chi connectivity index (χ1v) is 7.37. The summed E-state index contributed by atoms with van der Waals surface area (Å²) < 4.78 is 6.11. The molecule has 0 saturated heterocycles. The second kappa shape index (κ2) is 5.06. The second-order valence-corrected chi connectivity index (χ2v) is 6.05. The fourth-order valence-electron chi connectivity index (χ4n) is 2.94. The molecule has 0 aliphatic heterocycles. The minimum absolute atomic E-state index is 0.142. The number of halogens is 1. The monoisotopic (exact) mass is 330 g/mol. The summed E-state index contributed by atoms with van der Waals surface area (Å²) in [7, 11) is 1.46. The van der Waals surface area contributed by atoms with Gasteiger partial charge >= 0.3 is 5.97 Å². The maximum atomic E-state index is 12.3. The van der Waals surface area contributed by atoms with Crippen LogP contribution in [0.3, 0.4) is 0 Å². The van der Waals surface area contributed by atoms with Gasteiger partial charge < -0.3 is 4.74 Å². The SMILES string of the molecule is COC(=O)[C@@]1(c2ccccc2)C[C@@H]1c1ccc(Br)cc1. The quantitative estimate of drug-likeness (QED) is 0.793. The third kappa shape index (κ3) is 2.06. The topological polar surface area (TPSA) is 26.3 Å². The van der Waals surface area contributed by atoms with Crippen molar-refractivity contribution >= 4 is 21.9 Å². The standard InChI is InChI=1S/C17H15BrO2/c1-20-16(19)17(13-5-3-2-4-6-13)11-15(17)12-7-9-14(18)10-8-12/h2-10,15H,11H2,1H3/t15-,17-/m1/s1. The van der Waals surface area contributed by atoms with Gasteiger partial charge in [0.05, 0.1) is 7.11 Å². The zero-order valence-electron chi connectivity index (χ0n) is 11.2. The zero-order valence-corrected chi connectivity index (χ0v) is 12.8. The van der Waals surface area contributed by atoms with Crippen LogP contribution in [0.4, 0.5) is 0 Å². The highest BCUT2D eigenvalue weighted by Crippen LogP contribution is 2.61. The number of hydrogen-bond donors (Lipinski definition) is 0. The van der Waals surface area contributed by atoms with E-state index >= 15 is 0 Å². The first kappa shape index (κ1) is 13.4. The summed E-state index contributed by atoms with van der Waals surface area (Å²) in [5.41, 5.74) is 1.71. The van der Waals surface area contributed by atoms with Crippen molar-refractivity contribution in [2.45, 2.75) is 17.8 Å². The van der Waals surface area contributed by atoms with Crippen LogP contribution in [0.15, 0.2) is 59.1 Å². The summed E-state index contributed by atoms with van der Waals surface area (Å²) in [6.07, 6.45) is 0.811. The Morgan fingerprint density at radius 2 is 1.80 bits per heavy atom. The number of carbonyl (C=O) groups excluding carboxylic acids is 1. The van der Waals surface area contributed by atoms with Gasteiger partial charge in [-0.1, -0.05) is 58.4 Å². The van der Waals surface area contributed by atoms with Crippen molar-refractivity contribution < 1.29 is 9.53 Å². The van der Waals surface area contributed by atoms with Crippen molar-refractivity contribution in [2.75, 3.05) is 7.11 Å². The second-order valence-electron chi connectivity index (χ2n) is 5.14. The van der Waals surface area contributed by atoms with E-state index in [1.165, 1.54) is 12.7 Å². The molecule has 2 nitrogen and oxygen atoms in total. The summed E-state index contributed by atoms with van der Waals surface area (Å²) in [6, 6.07) is 18.1. The Kier molecular flexibility index (Phi) is 3.38. The van der Waals surface area contributed by atoms with Gasteiger partial charge in [0.2, 0.25) is 0 Å². The molecule has 1 saturated carbocycles. The lowest BCUT2D eigenvalue weighted by molar-refractivity contribution is -0.143. The normalized spacial score (nSPS) is 24.2. The van der Waals surface area contributed by atoms with Crippen LogP contribution < -0.4 is 0 Å². The molecule has 20 heavy (non-hydrogen) atoms. The van der Waals surface area contributed by atoms with Crippen LogP contribution in [0.1, 0.15) is 23.5 Å². The minimum Gasteiger partial charge on any atom is -0.468 e. The number of esters is 1. The first-order valence-electron chi connectivity index (χ1n) is 6.58. The van der Waals surface area contributed by atoms with Crippen LogP contribution in [-0.2, 0) is 14.9 Å². The van der Waals surface area contributed by atoms with Gasteiger partial charge in [-0.15, -0.1) is 0 Å². The fourth-order valence-corrected chi connectivity index (χ4v) is 3.21. The van der Waals surface area contributed by atoms with Gasteiger partial charge in [0, 0.05) is 10.4 Å². The van der Waals surface area contributed by atoms with E-state index in [1.807, 2.05) is 42.5 Å². The Bertz CT molecular complexity index is 621. The van der Waals surface area contributed by atoms with Gasteiger partial charge in [0.25, 0.3) is 0 Å². The molecular formula is C17H15BrO2. The molecule has 0 amide bonds. The van der Waals surface area contributed by atoms with E-state index in [0.717, 1.165) is 16.5 Å². The summed E-state index contributed by atoms with van der Waals surface area (Å²) in [4.78, 5) is 12.3. The highest BCUT2D eigenvalue weighted by molar-refractivity contribution is 9.10. The maximum Gasteiger partial charge on any atom is 0.316 e. The number of methoxy groups -OCH3 is 1. The number of hydrogen-bond acceptors (Lipinski definition) is 2. The lowest BCUT2D eigenvalue weighted by Gasteiger charge is -2.15. The van der Waals surface area contributed by atoms with Crippen molar-refractivity contribution in [3.63, 3.8) is 0 Å². The van der Waals surface area contributed by atoms with Gasteiger partial charge in [-0.25, -0.2) is 0 Å². The smallest absolute Gasteiger partial charge is 0.316 e. The summed E-state index contributed by atoms with van der Waals surface area (Å²) in [5, 5.41) is 0. The molecule has 1 fully saturated rings. The molecule has 0 heterocycles. The van der Waals surface area contributed by atoms with E-state index in [2.05, 4.69) is 28.1 Å². The number of rotatable bonds is 3. The molecule has 1 aliphatic carbocycles. The molecular weight excluding hydrogens is 316 g/mol. The van der Waals surface area contributed by atoms with E-state index < -0.39 is 5.41 Å². The fraction of sp³-hybridized carbons (Fsp3) is 0.235. The van der Waals surface area contributed by atoms with Gasteiger partial charge in [0.15, 0.2) is 0 Å².